The van der Waals surface area contributed by atoms with Crippen molar-refractivity contribution in [1.82, 2.24) is 4.90 Å². The predicted octanol–water partition coefficient (Wildman–Crippen LogP) is -1.12. The molecule has 4 rings (SSSR count). The Kier molecular flexibility index (Phi) is 7.05. The summed E-state index contributed by atoms with van der Waals surface area (Å²) >= 11 is 0. The molecule has 6 nitrogen and oxygen atoms in total. The number of aliphatic carboxylic acids is 1. The van der Waals surface area contributed by atoms with Gasteiger partial charge in [-0.25, -0.2) is 0 Å². The van der Waals surface area contributed by atoms with Gasteiger partial charge in [0.05, 0.1) is 29.7 Å². The first-order valence-electron chi connectivity index (χ1n) is 9.90. The zero-order chi connectivity index (χ0) is 21.7. The average Bonchev–Trinajstić information content (AvgIpc) is 2.97. The van der Waals surface area contributed by atoms with E-state index in [4.69, 9.17) is 0 Å². The minimum Gasteiger partial charge on any atom is -0.543 e. The number of hydrogen-bond acceptors (Lipinski definition) is 5. The number of ketones is 1. The number of nitrogens with zero attached hydrogens (tertiary/aromatic N) is 1. The molecule has 0 aromatic heterocycles. The first-order chi connectivity index (χ1) is 14.2. The van der Waals surface area contributed by atoms with Crippen LogP contribution in [0.25, 0.3) is 16.7 Å². The molecule has 0 saturated carbocycles. The number of rotatable bonds is 5. The van der Waals surface area contributed by atoms with Crippen molar-refractivity contribution in [3.63, 3.8) is 0 Å². The van der Waals surface area contributed by atoms with Crippen molar-refractivity contribution in [3.05, 3.63) is 65.4 Å². The van der Waals surface area contributed by atoms with Crippen LogP contribution in [0.15, 0.2) is 54.2 Å². The van der Waals surface area contributed by atoms with Crippen molar-refractivity contribution in [2.24, 2.45) is 11.8 Å². The maximum absolute atomic E-state index is 12.5. The topological polar surface area (TPSA) is 97.7 Å². The van der Waals surface area contributed by atoms with Gasteiger partial charge in [0.1, 0.15) is 0 Å². The minimum atomic E-state index is -1.39. The van der Waals surface area contributed by atoms with Gasteiger partial charge in [0.2, 0.25) is 5.91 Å². The zero-order valence-corrected chi connectivity index (χ0v) is 21.1. The van der Waals surface area contributed by atoms with Crippen LogP contribution in [0.4, 0.5) is 0 Å². The molecule has 31 heavy (non-hydrogen) atoms. The summed E-state index contributed by atoms with van der Waals surface area (Å²) in [6.45, 7) is 4.94. The fraction of sp³-hybridized carbons (Fsp3) is 0.292. The molecule has 0 radical (unpaired) electrons. The van der Waals surface area contributed by atoms with E-state index in [-0.39, 0.29) is 80.7 Å². The number of benzene rings is 2. The molecule has 2 aliphatic heterocycles. The first-order valence-corrected chi connectivity index (χ1v) is 9.90. The molecule has 2 heterocycles. The number of carboxylic acids is 1. The largest absolute Gasteiger partial charge is 1.00 e. The molecule has 1 saturated heterocycles. The maximum atomic E-state index is 12.5. The van der Waals surface area contributed by atoms with E-state index in [9.17, 15) is 24.6 Å². The Hall–Kier alpha value is -1.61. The summed E-state index contributed by atoms with van der Waals surface area (Å²) in [4.78, 5) is 37.0. The molecule has 2 aliphatic rings. The molecular weight excluding hydrogens is 421 g/mol. The molecule has 4 atom stereocenters. The van der Waals surface area contributed by atoms with Gasteiger partial charge < -0.3 is 19.9 Å². The number of hydrogen-bond donors (Lipinski definition) is 1. The third-order valence-electron chi connectivity index (χ3n) is 6.19. The Balaban J connectivity index is 0.00000272. The zero-order valence-electron chi connectivity index (χ0n) is 18.0. The van der Waals surface area contributed by atoms with Crippen LogP contribution in [0, 0.1) is 11.8 Å². The van der Waals surface area contributed by atoms with Gasteiger partial charge in [-0.2, -0.15) is 0 Å². The van der Waals surface area contributed by atoms with Gasteiger partial charge in [-0.05, 0) is 36.1 Å². The smallest absolute Gasteiger partial charge is 0.543 e. The van der Waals surface area contributed by atoms with E-state index in [0.717, 1.165) is 11.1 Å². The molecule has 0 aliphatic carbocycles. The van der Waals surface area contributed by atoms with E-state index < -0.39 is 18.0 Å². The number of Topliss-reactive ketones (excluding diaryl/α,β-unsaturated/α-hetero) is 1. The quantitative estimate of drug-likeness (QED) is 0.359. The summed E-state index contributed by atoms with van der Waals surface area (Å²) in [5.41, 5.74) is 3.66. The first kappa shape index (κ1) is 24.0. The second kappa shape index (κ2) is 9.09. The van der Waals surface area contributed by atoms with E-state index in [0.29, 0.717) is 16.7 Å². The van der Waals surface area contributed by atoms with Crippen molar-refractivity contribution in [3.8, 4) is 11.1 Å². The van der Waals surface area contributed by atoms with Crippen molar-refractivity contribution in [1.29, 1.82) is 0 Å². The van der Waals surface area contributed by atoms with Crippen molar-refractivity contribution in [2.45, 2.75) is 32.9 Å². The molecule has 1 amide bonds. The molecule has 0 bridgehead atoms. The van der Waals surface area contributed by atoms with Crippen LogP contribution in [0.1, 0.15) is 36.7 Å². The monoisotopic (exact) mass is 443 g/mol. The summed E-state index contributed by atoms with van der Waals surface area (Å²) in [6.07, 6.45) is -0.844. The predicted molar refractivity (Wildman–Crippen MR) is 109 cm³/mol. The SMILES string of the molecule is CC(=O)c1ccc(-c2ccc(C3=C(C(=O)[O-])N4C(=O)[C@H]([C@@H](C)O)[C@H]4[C@H]3C)cc2)cc1.[K+]. The third kappa shape index (κ3) is 3.99. The van der Waals surface area contributed by atoms with E-state index in [2.05, 4.69) is 0 Å². The van der Waals surface area contributed by atoms with Crippen LogP contribution in [0.5, 0.6) is 0 Å². The number of carbonyl (C=O) groups excluding carboxylic acids is 3. The van der Waals surface area contributed by atoms with Crippen LogP contribution in [-0.4, -0.2) is 39.8 Å². The van der Waals surface area contributed by atoms with Gasteiger partial charge in [-0.3, -0.25) is 9.59 Å². The average molecular weight is 444 g/mol. The molecule has 1 N–H and O–H groups in total. The molecule has 2 aromatic rings. The number of carbonyl (C=O) groups is 3. The minimum absolute atomic E-state index is 0. The van der Waals surface area contributed by atoms with Gasteiger partial charge in [0.15, 0.2) is 5.78 Å². The van der Waals surface area contributed by atoms with Gasteiger partial charge in [-0.15, -0.1) is 0 Å². The maximum Gasteiger partial charge on any atom is 1.00 e. The number of β-lactam (4-membered cyclic amide) rings is 1. The molecule has 154 valence electrons. The summed E-state index contributed by atoms with van der Waals surface area (Å²) in [7, 11) is 0. The van der Waals surface area contributed by atoms with E-state index in [1.165, 1.54) is 11.8 Å². The second-order valence-corrected chi connectivity index (χ2v) is 8.01. The number of aliphatic hydroxyl groups excluding tert-OH is 1. The molecule has 2 aromatic carbocycles. The van der Waals surface area contributed by atoms with Crippen LogP contribution in [-0.2, 0) is 9.59 Å². The second-order valence-electron chi connectivity index (χ2n) is 8.01. The number of fused-ring (bicyclic) bond motifs is 1. The third-order valence-corrected chi connectivity index (χ3v) is 6.19. The molecular formula is C24H22KNO5. The van der Waals surface area contributed by atoms with Crippen LogP contribution in [0.3, 0.4) is 0 Å². The Bertz CT molecular complexity index is 1070. The van der Waals surface area contributed by atoms with E-state index in [1.807, 2.05) is 43.3 Å². The van der Waals surface area contributed by atoms with Gasteiger partial charge in [0, 0.05) is 11.5 Å². The molecule has 0 unspecified atom stereocenters. The Morgan fingerprint density at radius 3 is 1.94 bits per heavy atom. The fourth-order valence-corrected chi connectivity index (χ4v) is 4.68. The molecule has 7 heteroatoms. The van der Waals surface area contributed by atoms with Crippen molar-refractivity contribution in [2.75, 3.05) is 0 Å². The molecule has 0 spiro atoms. The molecule has 1 fully saturated rings. The summed E-state index contributed by atoms with van der Waals surface area (Å²) in [6, 6.07) is 14.3. The Morgan fingerprint density at radius 1 is 1.00 bits per heavy atom. The fourth-order valence-electron chi connectivity index (χ4n) is 4.68. The van der Waals surface area contributed by atoms with Crippen molar-refractivity contribution < 1.29 is 76.0 Å². The van der Waals surface area contributed by atoms with E-state index >= 15 is 0 Å². The summed E-state index contributed by atoms with van der Waals surface area (Å²) in [5.74, 6) is -2.61. The van der Waals surface area contributed by atoms with Crippen LogP contribution >= 0.6 is 0 Å². The normalized spacial score (nSPS) is 23.0. The van der Waals surface area contributed by atoms with Gasteiger partial charge in [-0.1, -0.05) is 55.5 Å². The number of aliphatic hydroxyl groups is 1. The number of carboxylic acid groups (broad SMARTS) is 1. The summed E-state index contributed by atoms with van der Waals surface area (Å²) < 4.78 is 0. The van der Waals surface area contributed by atoms with E-state index in [1.54, 1.807) is 19.1 Å². The van der Waals surface area contributed by atoms with Crippen LogP contribution in [0.2, 0.25) is 0 Å². The Labute approximate surface area is 223 Å². The van der Waals surface area contributed by atoms with Crippen LogP contribution < -0.4 is 56.5 Å². The number of amides is 1. The van der Waals surface area contributed by atoms with Gasteiger partial charge >= 0.3 is 51.4 Å². The van der Waals surface area contributed by atoms with Crippen molar-refractivity contribution >= 4 is 23.2 Å². The Morgan fingerprint density at radius 2 is 1.48 bits per heavy atom. The standard InChI is InChI=1S/C24H23NO5.K/c1-12-19(22(24(29)30)25-21(12)20(14(3)27)23(25)28)18-10-8-17(9-11-18)16-6-4-15(5-7-16)13(2)26;/h4-12,14,20-21,27H,1-3H3,(H,29,30);/q;+1/p-1/t12-,14+,20+,21+;/m0./s1. The summed E-state index contributed by atoms with van der Waals surface area (Å²) in [5, 5.41) is 21.8. The van der Waals surface area contributed by atoms with Gasteiger partial charge in [0.25, 0.3) is 0 Å².